The number of carboxylic acid groups (broad SMARTS) is 1. The van der Waals surface area contributed by atoms with Gasteiger partial charge in [-0.2, -0.15) is 0 Å². The van der Waals surface area contributed by atoms with E-state index < -0.39 is 29.1 Å². The summed E-state index contributed by atoms with van der Waals surface area (Å²) in [7, 11) is 0. The van der Waals surface area contributed by atoms with Gasteiger partial charge in [-0.25, -0.2) is 13.8 Å². The largest absolute Gasteiger partial charge is 0.481 e. The van der Waals surface area contributed by atoms with Crippen LogP contribution in [0.1, 0.15) is 19.5 Å². The number of carboxylic acids is 1. The molecule has 2 N–H and O–H groups in total. The molecule has 2 rings (SSSR count). The minimum atomic E-state index is -1.44. The number of anilines is 1. The molecule has 0 spiro atoms. The second kappa shape index (κ2) is 7.32. The molecular formula is C15H13ClF2N2O4S. The number of nitrogens with one attached hydrogen (secondary N) is 1. The van der Waals surface area contributed by atoms with Crippen LogP contribution in [0.3, 0.4) is 0 Å². The first kappa shape index (κ1) is 19.1. The summed E-state index contributed by atoms with van der Waals surface area (Å²) in [4.78, 5) is 27.0. The number of nitrogens with zero attached hydrogens (tertiary/aromatic N) is 1. The van der Waals surface area contributed by atoms with Crippen molar-refractivity contribution in [1.82, 2.24) is 4.98 Å². The van der Waals surface area contributed by atoms with E-state index in [1.165, 1.54) is 19.9 Å². The van der Waals surface area contributed by atoms with Gasteiger partial charge in [0.1, 0.15) is 10.1 Å². The molecule has 1 aromatic heterocycles. The number of aromatic nitrogens is 1. The number of thiazole rings is 1. The van der Waals surface area contributed by atoms with Crippen LogP contribution in [0.4, 0.5) is 13.9 Å². The zero-order chi connectivity index (χ0) is 18.8. The normalized spacial score (nSPS) is 11.2. The average Bonchev–Trinajstić information content (AvgIpc) is 2.81. The van der Waals surface area contributed by atoms with E-state index in [1.807, 2.05) is 0 Å². The molecule has 0 fully saturated rings. The Morgan fingerprint density at radius 2 is 2.04 bits per heavy atom. The molecule has 25 heavy (non-hydrogen) atoms. The van der Waals surface area contributed by atoms with Crippen molar-refractivity contribution in [2.75, 3.05) is 5.32 Å². The van der Waals surface area contributed by atoms with E-state index >= 15 is 0 Å². The fourth-order valence-corrected chi connectivity index (χ4v) is 2.80. The summed E-state index contributed by atoms with van der Waals surface area (Å²) in [6, 6.07) is 2.91. The van der Waals surface area contributed by atoms with E-state index in [2.05, 4.69) is 10.3 Å². The van der Waals surface area contributed by atoms with Crippen LogP contribution in [0, 0.1) is 11.6 Å². The van der Waals surface area contributed by atoms with Gasteiger partial charge in [0.05, 0.1) is 12.1 Å². The molecular weight excluding hydrogens is 378 g/mol. The number of amides is 1. The SMILES string of the molecule is CC(C)(Oc1ccc(F)c(F)c1)C(=O)Nc1nc(CC(=O)O)c(Cl)s1. The maximum Gasteiger partial charge on any atom is 0.309 e. The molecule has 0 saturated heterocycles. The molecule has 0 saturated carbocycles. The molecule has 1 heterocycles. The average molecular weight is 391 g/mol. The number of halogens is 3. The lowest BCUT2D eigenvalue weighted by molar-refractivity contribution is -0.136. The standard InChI is InChI=1S/C15H13ClF2N2O4S/c1-15(2,24-7-3-4-8(17)9(18)5-7)13(23)20-14-19-10(6-11(21)22)12(16)25-14/h3-5H,6H2,1-2H3,(H,21,22)(H,19,20,23). The Balaban J connectivity index is 2.10. The Hall–Kier alpha value is -2.26. The van der Waals surface area contributed by atoms with Gasteiger partial charge in [0.15, 0.2) is 22.4 Å². The Morgan fingerprint density at radius 3 is 2.64 bits per heavy atom. The first-order valence-electron chi connectivity index (χ1n) is 6.91. The van der Waals surface area contributed by atoms with Crippen LogP contribution in [0.5, 0.6) is 5.75 Å². The summed E-state index contributed by atoms with van der Waals surface area (Å²) in [5, 5.41) is 11.3. The van der Waals surface area contributed by atoms with E-state index in [9.17, 15) is 18.4 Å². The monoisotopic (exact) mass is 390 g/mol. The minimum absolute atomic E-state index is 0.0252. The summed E-state index contributed by atoms with van der Waals surface area (Å²) in [6.07, 6.45) is -0.375. The Kier molecular flexibility index (Phi) is 5.58. The van der Waals surface area contributed by atoms with Crippen LogP contribution in [-0.2, 0) is 16.0 Å². The van der Waals surface area contributed by atoms with E-state index in [4.69, 9.17) is 21.4 Å². The number of hydrogen-bond donors (Lipinski definition) is 2. The zero-order valence-corrected chi connectivity index (χ0v) is 14.7. The van der Waals surface area contributed by atoms with Gasteiger partial charge in [0.25, 0.3) is 5.91 Å². The topological polar surface area (TPSA) is 88.5 Å². The molecule has 0 bridgehead atoms. The number of rotatable bonds is 6. The molecule has 6 nitrogen and oxygen atoms in total. The molecule has 2 aromatic rings. The third kappa shape index (κ3) is 4.86. The van der Waals surface area contributed by atoms with Gasteiger partial charge in [0, 0.05) is 6.07 Å². The predicted octanol–water partition coefficient (Wildman–Crippen LogP) is 3.50. The minimum Gasteiger partial charge on any atom is -0.481 e. The Bertz CT molecular complexity index is 826. The first-order valence-corrected chi connectivity index (χ1v) is 8.10. The van der Waals surface area contributed by atoms with Gasteiger partial charge in [0.2, 0.25) is 0 Å². The van der Waals surface area contributed by atoms with Crippen molar-refractivity contribution in [3.8, 4) is 5.75 Å². The van der Waals surface area contributed by atoms with E-state index in [-0.39, 0.29) is 27.3 Å². The van der Waals surface area contributed by atoms with Gasteiger partial charge in [-0.15, -0.1) is 0 Å². The number of ether oxygens (including phenoxy) is 1. The molecule has 0 radical (unpaired) electrons. The lowest BCUT2D eigenvalue weighted by Crippen LogP contribution is -2.42. The van der Waals surface area contributed by atoms with Gasteiger partial charge < -0.3 is 9.84 Å². The third-order valence-corrected chi connectivity index (χ3v) is 4.25. The van der Waals surface area contributed by atoms with Gasteiger partial charge in [-0.1, -0.05) is 22.9 Å². The lowest BCUT2D eigenvalue weighted by atomic mass is 10.1. The summed E-state index contributed by atoms with van der Waals surface area (Å²) >= 11 is 6.79. The summed E-state index contributed by atoms with van der Waals surface area (Å²) in [6.45, 7) is 2.86. The lowest BCUT2D eigenvalue weighted by Gasteiger charge is -2.24. The van der Waals surface area contributed by atoms with E-state index in [1.54, 1.807) is 0 Å². The maximum atomic E-state index is 13.2. The van der Waals surface area contributed by atoms with E-state index in [0.717, 1.165) is 23.5 Å². The van der Waals surface area contributed by atoms with Crippen LogP contribution in [0.15, 0.2) is 18.2 Å². The van der Waals surface area contributed by atoms with Crippen LogP contribution < -0.4 is 10.1 Å². The Labute approximate surface area is 150 Å². The number of carbonyl (C=O) groups is 2. The Morgan fingerprint density at radius 1 is 1.36 bits per heavy atom. The van der Waals surface area contributed by atoms with Crippen molar-refractivity contribution in [3.05, 3.63) is 39.9 Å². The fraction of sp³-hybridized carbons (Fsp3) is 0.267. The van der Waals surface area contributed by atoms with Crippen LogP contribution in [0.2, 0.25) is 4.34 Å². The molecule has 0 unspecified atom stereocenters. The summed E-state index contributed by atoms with van der Waals surface area (Å²) in [5.41, 5.74) is -1.30. The molecule has 0 atom stereocenters. The van der Waals surface area contributed by atoms with Gasteiger partial charge in [-0.05, 0) is 26.0 Å². The maximum absolute atomic E-state index is 13.2. The molecule has 1 amide bonds. The van der Waals surface area contributed by atoms with Crippen molar-refractivity contribution in [2.24, 2.45) is 0 Å². The van der Waals surface area contributed by atoms with Crippen LogP contribution in [0.25, 0.3) is 0 Å². The quantitative estimate of drug-likeness (QED) is 0.788. The van der Waals surface area contributed by atoms with Crippen LogP contribution in [-0.4, -0.2) is 27.6 Å². The van der Waals surface area contributed by atoms with Crippen molar-refractivity contribution in [1.29, 1.82) is 0 Å². The van der Waals surface area contributed by atoms with Crippen molar-refractivity contribution < 1.29 is 28.2 Å². The first-order chi connectivity index (χ1) is 11.6. The third-order valence-electron chi connectivity index (χ3n) is 3.00. The smallest absolute Gasteiger partial charge is 0.309 e. The number of hydrogen-bond acceptors (Lipinski definition) is 5. The highest BCUT2D eigenvalue weighted by molar-refractivity contribution is 7.19. The van der Waals surface area contributed by atoms with Gasteiger partial charge >= 0.3 is 5.97 Å². The predicted molar refractivity (Wildman–Crippen MR) is 88.2 cm³/mol. The molecule has 1 aromatic carbocycles. The highest BCUT2D eigenvalue weighted by Crippen LogP contribution is 2.29. The molecule has 10 heteroatoms. The fourth-order valence-electron chi connectivity index (χ4n) is 1.77. The second-order valence-electron chi connectivity index (χ2n) is 5.45. The molecule has 134 valence electrons. The zero-order valence-electron chi connectivity index (χ0n) is 13.1. The molecule has 0 aliphatic carbocycles. The summed E-state index contributed by atoms with van der Waals surface area (Å²) < 4.78 is 31.7. The summed E-state index contributed by atoms with van der Waals surface area (Å²) in [5.74, 6) is -3.88. The molecule has 0 aliphatic rings. The highest BCUT2D eigenvalue weighted by Gasteiger charge is 2.31. The number of benzene rings is 1. The van der Waals surface area contributed by atoms with Crippen molar-refractivity contribution in [3.63, 3.8) is 0 Å². The molecule has 0 aliphatic heterocycles. The number of carbonyl (C=O) groups excluding carboxylic acids is 1. The van der Waals surface area contributed by atoms with Crippen molar-refractivity contribution in [2.45, 2.75) is 25.9 Å². The second-order valence-corrected chi connectivity index (χ2v) is 7.05. The number of aliphatic carboxylic acids is 1. The van der Waals surface area contributed by atoms with Crippen molar-refractivity contribution >= 4 is 39.9 Å². The van der Waals surface area contributed by atoms with E-state index in [0.29, 0.717) is 0 Å². The van der Waals surface area contributed by atoms with Crippen LogP contribution >= 0.6 is 22.9 Å². The van der Waals surface area contributed by atoms with Gasteiger partial charge in [-0.3, -0.25) is 14.9 Å². The highest BCUT2D eigenvalue weighted by atomic mass is 35.5.